The van der Waals surface area contributed by atoms with Crippen LogP contribution in [0.15, 0.2) is 75.8 Å². The number of hydrogen-bond acceptors (Lipinski definition) is 9. The number of phenolic OH excluding ortho intramolecular Hbond substituents is 1. The van der Waals surface area contributed by atoms with Crippen molar-refractivity contribution in [1.29, 1.82) is 0 Å². The molecule has 0 bridgehead atoms. The van der Waals surface area contributed by atoms with Crippen LogP contribution in [0.5, 0.6) is 11.6 Å². The molecule has 4 aromatic rings. The summed E-state index contributed by atoms with van der Waals surface area (Å²) in [6, 6.07) is 15.7. The van der Waals surface area contributed by atoms with Crippen LogP contribution in [-0.4, -0.2) is 45.5 Å². The maximum Gasteiger partial charge on any atom is 0.361 e. The Labute approximate surface area is 193 Å². The number of aromatic hydroxyl groups is 2. The van der Waals surface area contributed by atoms with Crippen LogP contribution in [0.25, 0.3) is 16.5 Å². The van der Waals surface area contributed by atoms with E-state index in [1.807, 2.05) is 0 Å². The first kappa shape index (κ1) is 22.9. The lowest BCUT2D eigenvalue weighted by Crippen LogP contribution is -2.07. The normalized spacial score (nSPS) is 11.8. The summed E-state index contributed by atoms with van der Waals surface area (Å²) in [7, 11) is -4.86. The van der Waals surface area contributed by atoms with Gasteiger partial charge in [-0.3, -0.25) is 4.55 Å². The molecule has 12 heteroatoms. The Morgan fingerprint density at radius 3 is 2.35 bits per heavy atom. The van der Waals surface area contributed by atoms with Gasteiger partial charge in [0.05, 0.1) is 12.3 Å². The molecule has 0 aliphatic heterocycles. The van der Waals surface area contributed by atoms with Gasteiger partial charge in [0, 0.05) is 5.39 Å². The van der Waals surface area contributed by atoms with Crippen molar-refractivity contribution in [2.24, 2.45) is 10.2 Å². The number of phenols is 1. The number of fused-ring (bicyclic) bond motifs is 1. The van der Waals surface area contributed by atoms with Crippen LogP contribution in [0.2, 0.25) is 0 Å². The smallest absolute Gasteiger partial charge is 0.361 e. The molecule has 174 valence electrons. The second-order valence-corrected chi connectivity index (χ2v) is 8.32. The van der Waals surface area contributed by atoms with Gasteiger partial charge in [-0.2, -0.15) is 18.2 Å². The number of benzene rings is 3. The van der Waals surface area contributed by atoms with Gasteiger partial charge in [0.1, 0.15) is 16.3 Å². The van der Waals surface area contributed by atoms with Gasteiger partial charge in [0.25, 0.3) is 10.1 Å². The summed E-state index contributed by atoms with van der Waals surface area (Å²) in [6.45, 7) is 1.60. The Balaban J connectivity index is 1.93. The average Bonchev–Trinajstić information content (AvgIpc) is 3.13. The van der Waals surface area contributed by atoms with Gasteiger partial charge in [0.2, 0.25) is 11.6 Å². The fourth-order valence-corrected chi connectivity index (χ4v) is 4.18. The Morgan fingerprint density at radius 1 is 1.03 bits per heavy atom. The van der Waals surface area contributed by atoms with Gasteiger partial charge in [-0.1, -0.05) is 42.5 Å². The molecule has 0 fully saturated rings. The fourth-order valence-electron chi connectivity index (χ4n) is 3.33. The van der Waals surface area contributed by atoms with Crippen molar-refractivity contribution in [2.45, 2.75) is 11.8 Å². The molecule has 1 heterocycles. The summed E-state index contributed by atoms with van der Waals surface area (Å²) >= 11 is 0. The second-order valence-electron chi connectivity index (χ2n) is 6.96. The average molecular weight is 482 g/mol. The highest BCUT2D eigenvalue weighted by Crippen LogP contribution is 2.42. The predicted molar refractivity (Wildman–Crippen MR) is 121 cm³/mol. The van der Waals surface area contributed by atoms with E-state index in [1.165, 1.54) is 12.1 Å². The molecule has 0 aliphatic rings. The van der Waals surface area contributed by atoms with Crippen LogP contribution in [0.3, 0.4) is 0 Å². The van der Waals surface area contributed by atoms with Crippen LogP contribution in [0, 0.1) is 0 Å². The van der Waals surface area contributed by atoms with E-state index in [9.17, 15) is 28.0 Å². The summed E-state index contributed by atoms with van der Waals surface area (Å²) in [5.41, 5.74) is -0.987. The molecule has 0 amide bonds. The van der Waals surface area contributed by atoms with E-state index in [0.717, 1.165) is 4.68 Å². The van der Waals surface area contributed by atoms with Crippen molar-refractivity contribution in [3.8, 4) is 17.3 Å². The molecule has 3 N–H and O–H groups in total. The highest BCUT2D eigenvalue weighted by molar-refractivity contribution is 7.86. The number of esters is 1. The SMILES string of the molecule is CCOC(=O)c1nn(-c2ccccc2)c(O)c1N=Nc1c(O)cc2ccccc2c1S(=O)(=O)O. The zero-order valence-corrected chi connectivity index (χ0v) is 18.5. The van der Waals surface area contributed by atoms with Gasteiger partial charge in [-0.05, 0) is 30.5 Å². The van der Waals surface area contributed by atoms with E-state index in [-0.39, 0.29) is 17.7 Å². The third-order valence-electron chi connectivity index (χ3n) is 4.77. The highest BCUT2D eigenvalue weighted by atomic mass is 32.2. The molecular formula is C22H18N4O7S. The van der Waals surface area contributed by atoms with Gasteiger partial charge in [0.15, 0.2) is 5.69 Å². The lowest BCUT2D eigenvalue weighted by Gasteiger charge is -2.09. The quantitative estimate of drug-likeness (QED) is 0.208. The first-order chi connectivity index (χ1) is 16.2. The van der Waals surface area contributed by atoms with E-state index in [1.54, 1.807) is 55.5 Å². The molecule has 0 aliphatic carbocycles. The number of para-hydroxylation sites is 1. The standard InChI is InChI=1S/C22H18N4O7S/c1-2-33-22(29)19-18(21(28)26(25-19)14-9-4-3-5-10-14)24-23-17-16(27)12-13-8-6-7-11-15(13)20(17)34(30,31)32/h3-12,27-28H,2H2,1H3,(H,30,31,32). The largest absolute Gasteiger partial charge is 0.506 e. The van der Waals surface area contributed by atoms with Gasteiger partial charge in [-0.25, -0.2) is 4.79 Å². The summed E-state index contributed by atoms with van der Waals surface area (Å²) in [4.78, 5) is 11.8. The molecule has 3 aromatic carbocycles. The summed E-state index contributed by atoms with van der Waals surface area (Å²) in [6.07, 6.45) is 0. The zero-order chi connectivity index (χ0) is 24.5. The molecule has 0 unspecified atom stereocenters. The minimum atomic E-state index is -4.86. The van der Waals surface area contributed by atoms with E-state index < -0.39 is 44.0 Å². The Kier molecular flexibility index (Phi) is 6.01. The molecule has 0 atom stereocenters. The van der Waals surface area contributed by atoms with Crippen LogP contribution < -0.4 is 0 Å². The lowest BCUT2D eigenvalue weighted by atomic mass is 10.1. The van der Waals surface area contributed by atoms with E-state index in [2.05, 4.69) is 15.3 Å². The van der Waals surface area contributed by atoms with E-state index in [0.29, 0.717) is 11.1 Å². The Hall–Kier alpha value is -4.29. The number of rotatable bonds is 6. The van der Waals surface area contributed by atoms with Gasteiger partial charge in [-0.15, -0.1) is 10.2 Å². The third-order valence-corrected chi connectivity index (χ3v) is 5.70. The first-order valence-electron chi connectivity index (χ1n) is 9.90. The predicted octanol–water partition coefficient (Wildman–Crippen LogP) is 4.28. The monoisotopic (exact) mass is 482 g/mol. The summed E-state index contributed by atoms with van der Waals surface area (Å²) in [5, 5.41) is 33.3. The van der Waals surface area contributed by atoms with Crippen LogP contribution in [-0.2, 0) is 14.9 Å². The lowest BCUT2D eigenvalue weighted by molar-refractivity contribution is 0.0520. The van der Waals surface area contributed by atoms with Crippen molar-refractivity contribution < 1.29 is 32.7 Å². The third kappa shape index (κ3) is 4.19. The minimum absolute atomic E-state index is 0.0206. The number of nitrogens with zero attached hydrogens (tertiary/aromatic N) is 4. The van der Waals surface area contributed by atoms with Crippen molar-refractivity contribution >= 4 is 38.2 Å². The molecule has 0 spiro atoms. The van der Waals surface area contributed by atoms with Crippen molar-refractivity contribution in [1.82, 2.24) is 9.78 Å². The summed E-state index contributed by atoms with van der Waals surface area (Å²) < 4.78 is 40.1. The molecule has 1 aromatic heterocycles. The van der Waals surface area contributed by atoms with Gasteiger partial charge < -0.3 is 14.9 Å². The maximum atomic E-state index is 12.4. The highest BCUT2D eigenvalue weighted by Gasteiger charge is 2.27. The number of ether oxygens (including phenoxy) is 1. The first-order valence-corrected chi connectivity index (χ1v) is 11.3. The topological polar surface area (TPSA) is 164 Å². The molecule has 11 nitrogen and oxygen atoms in total. The molecule has 0 radical (unpaired) electrons. The zero-order valence-electron chi connectivity index (χ0n) is 17.7. The molecule has 0 saturated heterocycles. The molecule has 0 saturated carbocycles. The van der Waals surface area contributed by atoms with Crippen LogP contribution >= 0.6 is 0 Å². The minimum Gasteiger partial charge on any atom is -0.506 e. The van der Waals surface area contributed by atoms with E-state index >= 15 is 0 Å². The number of hydrogen-bond donors (Lipinski definition) is 3. The van der Waals surface area contributed by atoms with Crippen molar-refractivity contribution in [3.05, 3.63) is 66.4 Å². The second kappa shape index (κ2) is 8.92. The number of azo groups is 1. The van der Waals surface area contributed by atoms with Crippen LogP contribution in [0.4, 0.5) is 11.4 Å². The number of aromatic nitrogens is 2. The van der Waals surface area contributed by atoms with Crippen molar-refractivity contribution in [2.75, 3.05) is 6.61 Å². The maximum absolute atomic E-state index is 12.4. The van der Waals surface area contributed by atoms with Crippen LogP contribution in [0.1, 0.15) is 17.4 Å². The fraction of sp³-hybridized carbons (Fsp3) is 0.0909. The summed E-state index contributed by atoms with van der Waals surface area (Å²) in [5.74, 6) is -2.08. The molecule has 4 rings (SSSR count). The molecule has 34 heavy (non-hydrogen) atoms. The number of carbonyl (C=O) groups is 1. The number of carbonyl (C=O) groups excluding carboxylic acids is 1. The Morgan fingerprint density at radius 2 is 1.68 bits per heavy atom. The van der Waals surface area contributed by atoms with E-state index in [4.69, 9.17) is 4.74 Å². The Bertz CT molecular complexity index is 1530. The van der Waals surface area contributed by atoms with Gasteiger partial charge >= 0.3 is 5.97 Å². The van der Waals surface area contributed by atoms with Crippen molar-refractivity contribution in [3.63, 3.8) is 0 Å². The molecular weight excluding hydrogens is 464 g/mol.